The molecule has 0 aromatic heterocycles. The summed E-state index contributed by atoms with van der Waals surface area (Å²) in [4.78, 5) is 0. The molecular weight excluding hydrogens is 246 g/mol. The monoisotopic (exact) mass is 265 g/mol. The molecule has 0 heterocycles. The second kappa shape index (κ2) is 8.26. The molecule has 61 valence electrons. The average molecular weight is 266 g/mol. The number of rotatable bonds is 4. The molecule has 0 rings (SSSR count). The van der Waals surface area contributed by atoms with E-state index < -0.39 is 0 Å². The zero-order valence-electron chi connectivity index (χ0n) is 7.55. The standard InChI is InChI=1S/2C4H9.ClH.In/c2*1-4(2)3;;/h2*4H,1H2,2-3H3;1H;. The summed E-state index contributed by atoms with van der Waals surface area (Å²) in [5.74, 6) is 1.95. The van der Waals surface area contributed by atoms with Crippen LogP contribution in [0.2, 0.25) is 8.35 Å². The van der Waals surface area contributed by atoms with Crippen LogP contribution in [0.25, 0.3) is 0 Å². The molecule has 0 aliphatic heterocycles. The van der Waals surface area contributed by atoms with E-state index >= 15 is 0 Å². The van der Waals surface area contributed by atoms with Crippen molar-refractivity contribution in [1.82, 2.24) is 0 Å². The predicted octanol–water partition coefficient (Wildman–Crippen LogP) is 3.26. The van der Waals surface area contributed by atoms with Gasteiger partial charge < -0.3 is 0 Å². The summed E-state index contributed by atoms with van der Waals surface area (Å²) in [5.41, 5.74) is 0. The molecule has 0 nitrogen and oxygen atoms in total. The Labute approximate surface area is 82.9 Å². The fourth-order valence-corrected chi connectivity index (χ4v) is 5.12. The van der Waals surface area contributed by atoms with Gasteiger partial charge >= 0.3 is 70.8 Å². The minimum Gasteiger partial charge on any atom is -0.147 e. The van der Waals surface area contributed by atoms with E-state index in [-0.39, 0.29) is 35.3 Å². The van der Waals surface area contributed by atoms with Crippen molar-refractivity contribution in [2.24, 2.45) is 11.8 Å². The van der Waals surface area contributed by atoms with Crippen molar-refractivity contribution in [2.75, 3.05) is 0 Å². The molecule has 0 N–H and O–H groups in total. The van der Waals surface area contributed by atoms with Crippen LogP contribution in [0.4, 0.5) is 0 Å². The third kappa shape index (κ3) is 11.9. The van der Waals surface area contributed by atoms with Crippen LogP contribution in [0.5, 0.6) is 0 Å². The van der Waals surface area contributed by atoms with Crippen molar-refractivity contribution in [3.05, 3.63) is 0 Å². The van der Waals surface area contributed by atoms with Crippen molar-refractivity contribution in [3.63, 3.8) is 0 Å². The van der Waals surface area contributed by atoms with Crippen molar-refractivity contribution in [3.8, 4) is 0 Å². The molecule has 2 heteroatoms. The summed E-state index contributed by atoms with van der Waals surface area (Å²) in [7, 11) is 0. The summed E-state index contributed by atoms with van der Waals surface area (Å²) in [6, 6.07) is 0. The molecule has 0 saturated heterocycles. The maximum Gasteiger partial charge on any atom is -0.147 e. The SMILES string of the molecule is CC(C)[CH2][In][CH2]C(C)C.Cl. The Hall–Kier alpha value is 1.16. The van der Waals surface area contributed by atoms with Crippen LogP contribution in [-0.4, -0.2) is 22.9 Å². The van der Waals surface area contributed by atoms with Gasteiger partial charge in [-0.05, 0) is 0 Å². The molecule has 0 amide bonds. The molecule has 0 bridgehead atoms. The molecule has 0 aliphatic rings. The number of hydrogen-bond donors (Lipinski definition) is 0. The van der Waals surface area contributed by atoms with E-state index in [0.717, 1.165) is 11.8 Å². The second-order valence-electron chi connectivity index (χ2n) is 3.55. The van der Waals surface area contributed by atoms with Crippen LogP contribution < -0.4 is 0 Å². The van der Waals surface area contributed by atoms with E-state index in [1.807, 2.05) is 0 Å². The Kier molecular flexibility index (Phi) is 11.3. The van der Waals surface area contributed by atoms with Crippen molar-refractivity contribution < 1.29 is 0 Å². The van der Waals surface area contributed by atoms with E-state index in [0.29, 0.717) is 0 Å². The molecule has 0 spiro atoms. The molecule has 1 radical (unpaired) electrons. The van der Waals surface area contributed by atoms with Crippen LogP contribution in [0, 0.1) is 11.8 Å². The first-order valence-corrected chi connectivity index (χ1v) is 8.60. The van der Waals surface area contributed by atoms with Gasteiger partial charge in [-0.2, -0.15) is 0 Å². The maximum absolute atomic E-state index is 2.34. The maximum atomic E-state index is 2.34. The first-order valence-electron chi connectivity index (χ1n) is 3.94. The Bertz CT molecular complexity index is 54.3. The summed E-state index contributed by atoms with van der Waals surface area (Å²) < 4.78 is 3.18. The molecule has 0 unspecified atom stereocenters. The zero-order chi connectivity index (χ0) is 7.28. The van der Waals surface area contributed by atoms with Gasteiger partial charge in [0.2, 0.25) is 0 Å². The quantitative estimate of drug-likeness (QED) is 0.732. The van der Waals surface area contributed by atoms with E-state index in [9.17, 15) is 0 Å². The molecule has 0 atom stereocenters. The topological polar surface area (TPSA) is 0 Å². The van der Waals surface area contributed by atoms with Crippen LogP contribution in [0.1, 0.15) is 27.7 Å². The van der Waals surface area contributed by atoms with E-state index in [2.05, 4.69) is 27.7 Å². The van der Waals surface area contributed by atoms with Crippen LogP contribution in [-0.2, 0) is 0 Å². The van der Waals surface area contributed by atoms with Gasteiger partial charge in [0.1, 0.15) is 0 Å². The van der Waals surface area contributed by atoms with Gasteiger partial charge in [-0.1, -0.05) is 0 Å². The first kappa shape index (κ1) is 13.7. The second-order valence-corrected chi connectivity index (χ2v) is 7.89. The van der Waals surface area contributed by atoms with Crippen molar-refractivity contribution in [1.29, 1.82) is 0 Å². The first-order chi connectivity index (χ1) is 4.13. The summed E-state index contributed by atoms with van der Waals surface area (Å²) in [5, 5.41) is 0. The molecule has 0 fully saturated rings. The normalized spacial score (nSPS) is 9.80. The van der Waals surface area contributed by atoms with E-state index in [1.165, 1.54) is 0 Å². The molecular formula is C8H19ClIn. The van der Waals surface area contributed by atoms with Gasteiger partial charge in [0, 0.05) is 0 Å². The molecule has 0 aliphatic carbocycles. The minimum absolute atomic E-state index is 0. The van der Waals surface area contributed by atoms with E-state index in [1.54, 1.807) is 8.35 Å². The van der Waals surface area contributed by atoms with Gasteiger partial charge in [0.05, 0.1) is 0 Å². The van der Waals surface area contributed by atoms with Crippen LogP contribution in [0.3, 0.4) is 0 Å². The Morgan fingerprint density at radius 2 is 1.20 bits per heavy atom. The van der Waals surface area contributed by atoms with E-state index in [4.69, 9.17) is 0 Å². The van der Waals surface area contributed by atoms with Gasteiger partial charge in [-0.15, -0.1) is 12.4 Å². The van der Waals surface area contributed by atoms with Crippen LogP contribution in [0.15, 0.2) is 0 Å². The average Bonchev–Trinajstić information content (AvgIpc) is 1.63. The Balaban J connectivity index is 0. The molecule has 0 aromatic rings. The number of hydrogen-bond acceptors (Lipinski definition) is 0. The number of halogens is 1. The molecule has 0 saturated carbocycles. The fraction of sp³-hybridized carbons (Fsp3) is 1.00. The minimum atomic E-state index is -0.0869. The zero-order valence-corrected chi connectivity index (χ0v) is 11.7. The summed E-state index contributed by atoms with van der Waals surface area (Å²) in [6.07, 6.45) is 0. The molecule has 0 aromatic carbocycles. The van der Waals surface area contributed by atoms with Crippen molar-refractivity contribution in [2.45, 2.75) is 36.0 Å². The van der Waals surface area contributed by atoms with Gasteiger partial charge in [0.25, 0.3) is 0 Å². The largest absolute Gasteiger partial charge is 0.147 e. The third-order valence-electron chi connectivity index (χ3n) is 1.28. The third-order valence-corrected chi connectivity index (χ3v) is 8.56. The predicted molar refractivity (Wildman–Crippen MR) is 52.3 cm³/mol. The molecule has 10 heavy (non-hydrogen) atoms. The Morgan fingerprint density at radius 1 is 0.900 bits per heavy atom. The summed E-state index contributed by atoms with van der Waals surface area (Å²) >= 11 is -0.0869. The van der Waals surface area contributed by atoms with Crippen molar-refractivity contribution >= 4 is 35.3 Å². The van der Waals surface area contributed by atoms with Gasteiger partial charge in [0.15, 0.2) is 0 Å². The van der Waals surface area contributed by atoms with Crippen LogP contribution >= 0.6 is 12.4 Å². The Morgan fingerprint density at radius 3 is 1.40 bits per heavy atom. The fourth-order valence-electron chi connectivity index (χ4n) is 0.763. The smallest absolute Gasteiger partial charge is 0.147 e. The van der Waals surface area contributed by atoms with Gasteiger partial charge in [-0.25, -0.2) is 0 Å². The summed E-state index contributed by atoms with van der Waals surface area (Å²) in [6.45, 7) is 9.36. The van der Waals surface area contributed by atoms with Gasteiger partial charge in [-0.3, -0.25) is 0 Å².